The first kappa shape index (κ1) is 24.2. The monoisotopic (exact) mass is 483 g/mol. The smallest absolute Gasteiger partial charge is 0.309 e. The Hall–Kier alpha value is -3.89. The number of hydrogen-bond acceptors (Lipinski definition) is 8. The number of H-pyrrole nitrogens is 1. The maximum absolute atomic E-state index is 13.2. The SMILES string of the molecule is CCOC(=O)C1CCN(c2nc3c(c(=O)[nH]2)[C@H](C(=O)Nc2cc(C)ccc2OC)CC(=O)N3)CC1. The molecule has 1 saturated heterocycles. The van der Waals surface area contributed by atoms with E-state index in [9.17, 15) is 19.2 Å². The number of aromatic nitrogens is 2. The van der Waals surface area contributed by atoms with Crippen molar-refractivity contribution in [2.75, 3.05) is 42.3 Å². The summed E-state index contributed by atoms with van der Waals surface area (Å²) in [6, 6.07) is 5.34. The minimum atomic E-state index is -1.01. The molecule has 0 spiro atoms. The van der Waals surface area contributed by atoms with Crippen LogP contribution in [0.4, 0.5) is 17.5 Å². The van der Waals surface area contributed by atoms with Crippen LogP contribution >= 0.6 is 0 Å². The summed E-state index contributed by atoms with van der Waals surface area (Å²) < 4.78 is 10.4. The highest BCUT2D eigenvalue weighted by Crippen LogP contribution is 2.33. The molecule has 2 aromatic rings. The molecule has 1 atom stereocenters. The van der Waals surface area contributed by atoms with Gasteiger partial charge < -0.3 is 25.0 Å². The van der Waals surface area contributed by atoms with E-state index in [2.05, 4.69) is 20.6 Å². The first-order chi connectivity index (χ1) is 16.8. The molecule has 11 heteroatoms. The zero-order chi connectivity index (χ0) is 25.1. The zero-order valence-corrected chi connectivity index (χ0v) is 20.0. The summed E-state index contributed by atoms with van der Waals surface area (Å²) in [7, 11) is 1.50. The second kappa shape index (κ2) is 10.2. The van der Waals surface area contributed by atoms with Crippen LogP contribution in [0.5, 0.6) is 5.75 Å². The van der Waals surface area contributed by atoms with Crippen molar-refractivity contribution in [3.05, 3.63) is 39.7 Å². The van der Waals surface area contributed by atoms with Crippen molar-refractivity contribution in [3.8, 4) is 5.75 Å². The number of methoxy groups -OCH3 is 1. The van der Waals surface area contributed by atoms with Gasteiger partial charge in [-0.05, 0) is 44.4 Å². The fourth-order valence-electron chi connectivity index (χ4n) is 4.46. The van der Waals surface area contributed by atoms with Crippen molar-refractivity contribution in [2.24, 2.45) is 5.92 Å². The van der Waals surface area contributed by atoms with Crippen LogP contribution in [0.1, 0.15) is 43.2 Å². The summed E-state index contributed by atoms with van der Waals surface area (Å²) in [6.07, 6.45) is 0.951. The lowest BCUT2D eigenvalue weighted by Gasteiger charge is -2.32. The summed E-state index contributed by atoms with van der Waals surface area (Å²) in [5.41, 5.74) is 0.988. The van der Waals surface area contributed by atoms with Crippen molar-refractivity contribution in [1.29, 1.82) is 0 Å². The normalized spacial score (nSPS) is 17.9. The van der Waals surface area contributed by atoms with Gasteiger partial charge in [0.15, 0.2) is 0 Å². The molecule has 2 aliphatic heterocycles. The van der Waals surface area contributed by atoms with Gasteiger partial charge in [-0.2, -0.15) is 4.98 Å². The molecule has 4 rings (SSSR count). The summed E-state index contributed by atoms with van der Waals surface area (Å²) in [5, 5.41) is 5.41. The number of carbonyl (C=O) groups is 3. The highest BCUT2D eigenvalue weighted by atomic mass is 16.5. The van der Waals surface area contributed by atoms with E-state index in [-0.39, 0.29) is 35.6 Å². The number of esters is 1. The molecule has 0 aliphatic carbocycles. The van der Waals surface area contributed by atoms with Crippen molar-refractivity contribution >= 4 is 35.2 Å². The largest absolute Gasteiger partial charge is 0.495 e. The maximum atomic E-state index is 13.2. The fourth-order valence-corrected chi connectivity index (χ4v) is 4.46. The summed E-state index contributed by atoms with van der Waals surface area (Å²) in [5.74, 6) is -1.49. The second-order valence-corrected chi connectivity index (χ2v) is 8.66. The molecule has 2 amide bonds. The predicted octanol–water partition coefficient (Wildman–Crippen LogP) is 1.93. The lowest BCUT2D eigenvalue weighted by molar-refractivity contribution is -0.148. The number of rotatable bonds is 6. The van der Waals surface area contributed by atoms with Crippen LogP contribution in [-0.2, 0) is 19.1 Å². The number of aryl methyl sites for hydroxylation is 1. The number of anilines is 3. The van der Waals surface area contributed by atoms with Gasteiger partial charge in [-0.25, -0.2) is 0 Å². The quantitative estimate of drug-likeness (QED) is 0.529. The van der Waals surface area contributed by atoms with Gasteiger partial charge in [0.25, 0.3) is 5.56 Å². The third kappa shape index (κ3) is 5.13. The Kier molecular flexibility index (Phi) is 7.04. The number of nitrogens with one attached hydrogen (secondary N) is 3. The number of aromatic amines is 1. The zero-order valence-electron chi connectivity index (χ0n) is 20.0. The minimum Gasteiger partial charge on any atom is -0.495 e. The molecule has 0 unspecified atom stereocenters. The number of benzene rings is 1. The number of amides is 2. The molecule has 1 aromatic heterocycles. The Labute approximate surface area is 202 Å². The molecule has 3 heterocycles. The molecule has 2 aliphatic rings. The van der Waals surface area contributed by atoms with E-state index in [0.29, 0.717) is 44.0 Å². The van der Waals surface area contributed by atoms with Crippen LogP contribution in [0.2, 0.25) is 0 Å². The van der Waals surface area contributed by atoms with Crippen LogP contribution in [0.15, 0.2) is 23.0 Å². The molecule has 11 nitrogen and oxygen atoms in total. The molecule has 1 aromatic carbocycles. The molecule has 0 bridgehead atoms. The van der Waals surface area contributed by atoms with Gasteiger partial charge in [-0.1, -0.05) is 6.07 Å². The number of ether oxygens (including phenoxy) is 2. The second-order valence-electron chi connectivity index (χ2n) is 8.66. The lowest BCUT2D eigenvalue weighted by Crippen LogP contribution is -2.41. The van der Waals surface area contributed by atoms with E-state index in [1.165, 1.54) is 7.11 Å². The molecule has 186 valence electrons. The van der Waals surface area contributed by atoms with Crippen LogP contribution in [0.25, 0.3) is 0 Å². The molecular weight excluding hydrogens is 454 g/mol. The topological polar surface area (TPSA) is 143 Å². The van der Waals surface area contributed by atoms with Crippen molar-refractivity contribution in [2.45, 2.75) is 39.0 Å². The van der Waals surface area contributed by atoms with E-state index in [4.69, 9.17) is 9.47 Å². The van der Waals surface area contributed by atoms with E-state index >= 15 is 0 Å². The van der Waals surface area contributed by atoms with Crippen molar-refractivity contribution in [1.82, 2.24) is 9.97 Å². The number of nitrogens with zero attached hydrogens (tertiary/aromatic N) is 2. The van der Waals surface area contributed by atoms with Gasteiger partial charge in [-0.3, -0.25) is 24.2 Å². The summed E-state index contributed by atoms with van der Waals surface area (Å²) >= 11 is 0. The Morgan fingerprint density at radius 1 is 1.23 bits per heavy atom. The van der Waals surface area contributed by atoms with Crippen LogP contribution in [0, 0.1) is 12.8 Å². The van der Waals surface area contributed by atoms with Gasteiger partial charge in [0.2, 0.25) is 17.8 Å². The Morgan fingerprint density at radius 2 is 1.97 bits per heavy atom. The number of hydrogen-bond donors (Lipinski definition) is 3. The first-order valence-electron chi connectivity index (χ1n) is 11.6. The minimum absolute atomic E-state index is 0.0730. The summed E-state index contributed by atoms with van der Waals surface area (Å²) in [6.45, 7) is 4.98. The van der Waals surface area contributed by atoms with Crippen LogP contribution in [0.3, 0.4) is 0 Å². The number of carbonyl (C=O) groups excluding carboxylic acids is 3. The highest BCUT2D eigenvalue weighted by molar-refractivity contribution is 6.05. The standard InChI is InChI=1S/C24H29N5O6/c1-4-35-23(33)14-7-9-29(10-8-14)24-27-20-19(22(32)28-24)15(12-18(30)26-20)21(31)25-16-11-13(2)5-6-17(16)34-3/h5-6,11,14-15H,4,7-10,12H2,1-3H3,(H,25,31)(H2,26,27,28,30,32)/t15-/m1/s1. The Morgan fingerprint density at radius 3 is 2.66 bits per heavy atom. The van der Waals surface area contributed by atoms with E-state index in [1.54, 1.807) is 19.1 Å². The predicted molar refractivity (Wildman–Crippen MR) is 129 cm³/mol. The Bertz CT molecular complexity index is 1200. The fraction of sp³-hybridized carbons (Fsp3) is 0.458. The molecule has 35 heavy (non-hydrogen) atoms. The van der Waals surface area contributed by atoms with Crippen LogP contribution < -0.4 is 25.8 Å². The van der Waals surface area contributed by atoms with E-state index in [0.717, 1.165) is 5.56 Å². The van der Waals surface area contributed by atoms with Gasteiger partial charge in [0.1, 0.15) is 11.6 Å². The average Bonchev–Trinajstić information content (AvgIpc) is 2.83. The summed E-state index contributed by atoms with van der Waals surface area (Å²) in [4.78, 5) is 59.7. The lowest BCUT2D eigenvalue weighted by atomic mass is 9.92. The average molecular weight is 484 g/mol. The van der Waals surface area contributed by atoms with E-state index in [1.807, 2.05) is 17.9 Å². The molecular formula is C24H29N5O6. The van der Waals surface area contributed by atoms with Crippen molar-refractivity contribution in [3.63, 3.8) is 0 Å². The molecule has 1 fully saturated rings. The third-order valence-corrected chi connectivity index (χ3v) is 6.28. The highest BCUT2D eigenvalue weighted by Gasteiger charge is 2.36. The van der Waals surface area contributed by atoms with Crippen LogP contribution in [-0.4, -0.2) is 54.6 Å². The van der Waals surface area contributed by atoms with Crippen molar-refractivity contribution < 1.29 is 23.9 Å². The molecule has 3 N–H and O–H groups in total. The first-order valence-corrected chi connectivity index (χ1v) is 11.6. The Balaban J connectivity index is 1.56. The van der Waals surface area contributed by atoms with Gasteiger partial charge in [-0.15, -0.1) is 0 Å². The number of fused-ring (bicyclic) bond motifs is 1. The van der Waals surface area contributed by atoms with Gasteiger partial charge >= 0.3 is 5.97 Å². The van der Waals surface area contributed by atoms with Gasteiger partial charge in [0.05, 0.1) is 36.8 Å². The van der Waals surface area contributed by atoms with E-state index < -0.39 is 23.3 Å². The third-order valence-electron chi connectivity index (χ3n) is 6.28. The number of piperidine rings is 1. The molecule has 0 saturated carbocycles. The van der Waals surface area contributed by atoms with Gasteiger partial charge in [0, 0.05) is 19.5 Å². The maximum Gasteiger partial charge on any atom is 0.309 e. The molecule has 0 radical (unpaired) electrons.